The van der Waals surface area contributed by atoms with E-state index in [0.29, 0.717) is 16.8 Å². The Morgan fingerprint density at radius 3 is 2.34 bits per heavy atom. The molecular weight excluding hydrogens is 414 g/mol. The molecule has 1 fully saturated rings. The third-order valence-electron chi connectivity index (χ3n) is 5.92. The first kappa shape index (κ1) is 25.9. The molecule has 32 heavy (non-hydrogen) atoms. The minimum atomic E-state index is -0.725. The van der Waals surface area contributed by atoms with Gasteiger partial charge >= 0.3 is 13.1 Å². The van der Waals surface area contributed by atoms with Crippen molar-refractivity contribution in [3.05, 3.63) is 52.5 Å². The van der Waals surface area contributed by atoms with Crippen LogP contribution in [0.3, 0.4) is 0 Å². The Morgan fingerprint density at radius 1 is 1.22 bits per heavy atom. The lowest BCUT2D eigenvalue weighted by Crippen LogP contribution is -2.41. The molecule has 0 spiro atoms. The summed E-state index contributed by atoms with van der Waals surface area (Å²) >= 11 is 0. The summed E-state index contributed by atoms with van der Waals surface area (Å²) in [5.41, 5.74) is 0.608. The number of halogens is 1. The van der Waals surface area contributed by atoms with Gasteiger partial charge in [-0.2, -0.15) is 0 Å². The van der Waals surface area contributed by atoms with E-state index in [-0.39, 0.29) is 18.8 Å². The SMILES string of the molecule is CCOC(=O)Cc1cc(F)ccc1OC(C)/C(C)=C/C(B1OC(C)(C)C(C)(C)O1)=C(\C)O. The lowest BCUT2D eigenvalue weighted by molar-refractivity contribution is -0.142. The molecule has 6 nitrogen and oxygen atoms in total. The number of esters is 1. The van der Waals surface area contributed by atoms with E-state index in [9.17, 15) is 14.3 Å². The van der Waals surface area contributed by atoms with Crippen molar-refractivity contribution in [3.63, 3.8) is 0 Å². The van der Waals surface area contributed by atoms with Crippen molar-refractivity contribution in [2.45, 2.75) is 79.1 Å². The number of allylic oxidation sites excluding steroid dienone is 3. The summed E-state index contributed by atoms with van der Waals surface area (Å²) in [6.07, 6.45) is 1.25. The van der Waals surface area contributed by atoms with E-state index in [0.717, 1.165) is 5.57 Å². The van der Waals surface area contributed by atoms with Crippen molar-refractivity contribution in [1.82, 2.24) is 0 Å². The van der Waals surface area contributed by atoms with Gasteiger partial charge in [0.2, 0.25) is 0 Å². The summed E-state index contributed by atoms with van der Waals surface area (Å²) in [4.78, 5) is 11.9. The van der Waals surface area contributed by atoms with Crippen molar-refractivity contribution in [1.29, 1.82) is 0 Å². The topological polar surface area (TPSA) is 74.2 Å². The van der Waals surface area contributed by atoms with Crippen LogP contribution in [0.2, 0.25) is 0 Å². The van der Waals surface area contributed by atoms with Gasteiger partial charge in [0.25, 0.3) is 0 Å². The standard InChI is InChI=1S/C24H34BFO6/c1-9-29-22(28)14-18-13-19(26)10-11-21(18)30-17(4)15(2)12-20(16(3)27)25-31-23(5,6)24(7,8)32-25/h10-13,17,27H,9,14H2,1-8H3/b15-12+,20-16-. The summed E-state index contributed by atoms with van der Waals surface area (Å²) in [6, 6.07) is 4.05. The number of carbonyl (C=O) groups is 1. The molecular formula is C24H34BFO6. The van der Waals surface area contributed by atoms with Gasteiger partial charge in [0.15, 0.2) is 0 Å². The van der Waals surface area contributed by atoms with Crippen LogP contribution in [0.4, 0.5) is 4.39 Å². The average Bonchev–Trinajstić information content (AvgIpc) is 2.88. The Kier molecular flexibility index (Phi) is 8.18. The Hall–Kier alpha value is -2.32. The third kappa shape index (κ3) is 6.14. The maximum Gasteiger partial charge on any atom is 0.498 e. The van der Waals surface area contributed by atoms with Crippen LogP contribution < -0.4 is 4.74 Å². The Bertz CT molecular complexity index is 886. The minimum Gasteiger partial charge on any atom is -0.513 e. The number of benzene rings is 1. The molecule has 0 bridgehead atoms. The second-order valence-corrected chi connectivity index (χ2v) is 9.01. The first-order chi connectivity index (χ1) is 14.8. The number of aliphatic hydroxyl groups excluding tert-OH is 1. The highest BCUT2D eigenvalue weighted by molar-refractivity contribution is 6.55. The van der Waals surface area contributed by atoms with Crippen LogP contribution in [-0.2, 0) is 25.3 Å². The van der Waals surface area contributed by atoms with Crippen molar-refractivity contribution in [3.8, 4) is 5.75 Å². The first-order valence-corrected chi connectivity index (χ1v) is 10.8. The van der Waals surface area contributed by atoms with Gasteiger partial charge in [-0.3, -0.25) is 4.79 Å². The van der Waals surface area contributed by atoms with Gasteiger partial charge in [0.05, 0.1) is 30.0 Å². The zero-order chi connectivity index (χ0) is 24.3. The summed E-state index contributed by atoms with van der Waals surface area (Å²) in [5.74, 6) is -0.440. The molecule has 2 rings (SSSR count). The second-order valence-electron chi connectivity index (χ2n) is 9.01. The fraction of sp³-hybridized carbons (Fsp3) is 0.542. The van der Waals surface area contributed by atoms with Crippen molar-refractivity contribution in [2.24, 2.45) is 0 Å². The van der Waals surface area contributed by atoms with Crippen molar-refractivity contribution in [2.75, 3.05) is 6.61 Å². The molecule has 1 saturated heterocycles. The molecule has 0 radical (unpaired) electrons. The van der Waals surface area contributed by atoms with Crippen LogP contribution in [0.5, 0.6) is 5.75 Å². The second kappa shape index (κ2) is 10.1. The zero-order valence-electron chi connectivity index (χ0n) is 20.2. The zero-order valence-corrected chi connectivity index (χ0v) is 20.2. The normalized spacial score (nSPS) is 19.4. The predicted octanol–water partition coefficient (Wildman–Crippen LogP) is 5.11. The van der Waals surface area contributed by atoms with Gasteiger partial charge in [0.1, 0.15) is 17.7 Å². The summed E-state index contributed by atoms with van der Waals surface area (Å²) in [6.45, 7) is 15.0. The van der Waals surface area contributed by atoms with E-state index in [4.69, 9.17) is 18.8 Å². The highest BCUT2D eigenvalue weighted by atomic mass is 19.1. The fourth-order valence-corrected chi connectivity index (χ4v) is 3.13. The maximum absolute atomic E-state index is 13.8. The molecule has 1 aromatic rings. The molecule has 1 atom stereocenters. The summed E-state index contributed by atoms with van der Waals surface area (Å²) in [7, 11) is -0.725. The van der Waals surface area contributed by atoms with Gasteiger partial charge in [-0.25, -0.2) is 4.39 Å². The average molecular weight is 448 g/mol. The molecule has 176 valence electrons. The van der Waals surface area contributed by atoms with Crippen LogP contribution in [-0.4, -0.2) is 42.1 Å². The molecule has 1 N–H and O–H groups in total. The van der Waals surface area contributed by atoms with E-state index in [2.05, 4.69) is 0 Å². The molecule has 0 aliphatic carbocycles. The first-order valence-electron chi connectivity index (χ1n) is 10.8. The van der Waals surface area contributed by atoms with Crippen molar-refractivity contribution >= 4 is 13.1 Å². The molecule has 1 unspecified atom stereocenters. The Balaban J connectivity index is 2.24. The molecule has 0 saturated carbocycles. The number of ether oxygens (including phenoxy) is 2. The Labute approximate surface area is 190 Å². The molecule has 1 aliphatic heterocycles. The molecule has 1 aliphatic rings. The van der Waals surface area contributed by atoms with Gasteiger partial charge in [0, 0.05) is 11.0 Å². The predicted molar refractivity (Wildman–Crippen MR) is 122 cm³/mol. The van der Waals surface area contributed by atoms with Gasteiger partial charge in [-0.15, -0.1) is 0 Å². The molecule has 0 amide bonds. The number of carbonyl (C=O) groups excluding carboxylic acids is 1. The largest absolute Gasteiger partial charge is 0.513 e. The molecule has 8 heteroatoms. The van der Waals surface area contributed by atoms with Crippen LogP contribution in [0.15, 0.2) is 41.1 Å². The van der Waals surface area contributed by atoms with Crippen LogP contribution in [0.1, 0.15) is 61.0 Å². The molecule has 1 aromatic carbocycles. The Morgan fingerprint density at radius 2 is 1.81 bits per heavy atom. The monoisotopic (exact) mass is 448 g/mol. The number of hydrogen-bond donors (Lipinski definition) is 1. The number of hydrogen-bond acceptors (Lipinski definition) is 6. The fourth-order valence-electron chi connectivity index (χ4n) is 3.13. The van der Waals surface area contributed by atoms with Gasteiger partial charge in [-0.05, 0) is 79.2 Å². The highest BCUT2D eigenvalue weighted by Gasteiger charge is 2.52. The van der Waals surface area contributed by atoms with E-state index >= 15 is 0 Å². The summed E-state index contributed by atoms with van der Waals surface area (Å²) < 4.78 is 36.9. The number of rotatable bonds is 8. The van der Waals surface area contributed by atoms with Gasteiger partial charge < -0.3 is 23.9 Å². The highest BCUT2D eigenvalue weighted by Crippen LogP contribution is 2.39. The lowest BCUT2D eigenvalue weighted by atomic mass is 9.76. The van der Waals surface area contributed by atoms with Crippen molar-refractivity contribution < 1.29 is 33.1 Å². The maximum atomic E-state index is 13.8. The smallest absolute Gasteiger partial charge is 0.498 e. The van der Waals surface area contributed by atoms with E-state index in [1.165, 1.54) is 18.2 Å². The van der Waals surface area contributed by atoms with E-state index < -0.39 is 36.2 Å². The summed E-state index contributed by atoms with van der Waals surface area (Å²) in [5, 5.41) is 10.3. The number of aliphatic hydroxyl groups is 1. The van der Waals surface area contributed by atoms with E-state index in [1.807, 2.05) is 41.5 Å². The van der Waals surface area contributed by atoms with Crippen LogP contribution in [0.25, 0.3) is 0 Å². The third-order valence-corrected chi connectivity index (χ3v) is 5.92. The van der Waals surface area contributed by atoms with Gasteiger partial charge in [-0.1, -0.05) is 6.08 Å². The van der Waals surface area contributed by atoms with Crippen LogP contribution in [0, 0.1) is 5.82 Å². The molecule has 0 aromatic heterocycles. The quantitative estimate of drug-likeness (QED) is 0.258. The van der Waals surface area contributed by atoms with E-state index in [1.54, 1.807) is 19.9 Å². The minimum absolute atomic E-state index is 0.0832. The van der Waals surface area contributed by atoms with Crippen LogP contribution >= 0.6 is 0 Å². The molecule has 1 heterocycles. The lowest BCUT2D eigenvalue weighted by Gasteiger charge is -2.32.